The number of benzene rings is 2. The lowest BCUT2D eigenvalue weighted by atomic mass is 10.1. The summed E-state index contributed by atoms with van der Waals surface area (Å²) in [6.45, 7) is 1.99. The van der Waals surface area contributed by atoms with E-state index in [0.29, 0.717) is 28.5 Å². The summed E-state index contributed by atoms with van der Waals surface area (Å²) in [6.07, 6.45) is -5.00. The number of halogens is 3. The van der Waals surface area contributed by atoms with E-state index in [0.717, 1.165) is 0 Å². The number of carbonyl (C=O) groups excluding carboxylic acids is 1. The van der Waals surface area contributed by atoms with Gasteiger partial charge in [0.25, 0.3) is 5.91 Å². The molecular formula is C22H20F3N3O3. The van der Waals surface area contributed by atoms with Crippen LogP contribution in [0.3, 0.4) is 0 Å². The molecule has 31 heavy (non-hydrogen) atoms. The zero-order valence-corrected chi connectivity index (χ0v) is 16.6. The number of nitriles is 1. The Morgan fingerprint density at radius 2 is 2.03 bits per heavy atom. The number of fused-ring (bicyclic) bond motifs is 1. The number of rotatable bonds is 7. The molecule has 1 amide bonds. The molecule has 1 heterocycles. The highest BCUT2D eigenvalue weighted by Gasteiger charge is 2.31. The summed E-state index contributed by atoms with van der Waals surface area (Å²) in [6, 6.07) is 14.2. The van der Waals surface area contributed by atoms with Gasteiger partial charge in [0, 0.05) is 24.0 Å². The number of hydrogen-bond donors (Lipinski definition) is 2. The van der Waals surface area contributed by atoms with E-state index in [-0.39, 0.29) is 24.5 Å². The van der Waals surface area contributed by atoms with Crippen LogP contribution >= 0.6 is 0 Å². The van der Waals surface area contributed by atoms with Crippen molar-refractivity contribution >= 4 is 16.8 Å². The molecule has 0 aliphatic rings. The Kier molecular flexibility index (Phi) is 6.51. The number of hydrogen-bond acceptors (Lipinski definition) is 4. The lowest BCUT2D eigenvalue weighted by Gasteiger charge is -2.13. The maximum absolute atomic E-state index is 12.8. The molecule has 0 radical (unpaired) electrons. The summed E-state index contributed by atoms with van der Waals surface area (Å²) in [5, 5.41) is 21.9. The molecule has 3 aromatic rings. The topological polar surface area (TPSA) is 87.3 Å². The quantitative estimate of drug-likeness (QED) is 0.593. The molecule has 1 atom stereocenters. The molecule has 0 saturated carbocycles. The van der Waals surface area contributed by atoms with Gasteiger partial charge in [-0.15, -0.1) is 13.2 Å². The first kappa shape index (κ1) is 22.2. The maximum atomic E-state index is 12.8. The monoisotopic (exact) mass is 431 g/mol. The van der Waals surface area contributed by atoms with Crippen LogP contribution in [-0.4, -0.2) is 34.6 Å². The van der Waals surface area contributed by atoms with Crippen molar-refractivity contribution in [1.29, 1.82) is 5.26 Å². The van der Waals surface area contributed by atoms with Crippen LogP contribution in [0, 0.1) is 11.3 Å². The van der Waals surface area contributed by atoms with E-state index >= 15 is 0 Å². The Morgan fingerprint density at radius 3 is 2.71 bits per heavy atom. The van der Waals surface area contributed by atoms with Gasteiger partial charge in [-0.3, -0.25) is 4.79 Å². The number of amides is 1. The predicted molar refractivity (Wildman–Crippen MR) is 108 cm³/mol. The van der Waals surface area contributed by atoms with Crippen LogP contribution in [0.25, 0.3) is 10.9 Å². The molecule has 9 heteroatoms. The van der Waals surface area contributed by atoms with Gasteiger partial charge in [-0.05, 0) is 55.3 Å². The Bertz CT molecular complexity index is 1130. The number of aliphatic hydroxyl groups excluding tert-OH is 1. The van der Waals surface area contributed by atoms with Crippen molar-refractivity contribution in [2.45, 2.75) is 32.4 Å². The second kappa shape index (κ2) is 9.10. The van der Waals surface area contributed by atoms with Crippen LogP contribution < -0.4 is 10.1 Å². The minimum atomic E-state index is -4.80. The second-order valence-corrected chi connectivity index (χ2v) is 7.09. The Labute approximate surface area is 176 Å². The number of nitrogens with zero attached hydrogens (tertiary/aromatic N) is 2. The molecule has 0 fully saturated rings. The molecule has 0 aliphatic heterocycles. The number of alkyl halides is 3. The van der Waals surface area contributed by atoms with Crippen LogP contribution in [0.2, 0.25) is 0 Å². The van der Waals surface area contributed by atoms with E-state index in [1.807, 2.05) is 6.07 Å². The highest BCUT2D eigenvalue weighted by Crippen LogP contribution is 2.26. The van der Waals surface area contributed by atoms with Gasteiger partial charge in [0.05, 0.1) is 17.7 Å². The molecule has 162 valence electrons. The van der Waals surface area contributed by atoms with Gasteiger partial charge in [-0.25, -0.2) is 0 Å². The third kappa shape index (κ3) is 5.77. The predicted octanol–water partition coefficient (Wildman–Crippen LogP) is 3.96. The van der Waals surface area contributed by atoms with Gasteiger partial charge < -0.3 is 19.7 Å². The summed E-state index contributed by atoms with van der Waals surface area (Å²) in [5.41, 5.74) is 1.87. The fourth-order valence-electron chi connectivity index (χ4n) is 3.21. The van der Waals surface area contributed by atoms with Gasteiger partial charge in [0.2, 0.25) is 0 Å². The van der Waals surface area contributed by atoms with E-state index in [4.69, 9.17) is 5.26 Å². The highest BCUT2D eigenvalue weighted by atomic mass is 19.4. The summed E-state index contributed by atoms with van der Waals surface area (Å²) < 4.78 is 43.3. The smallest absolute Gasteiger partial charge is 0.406 e. The van der Waals surface area contributed by atoms with Crippen LogP contribution in [0.1, 0.15) is 35.0 Å². The standard InChI is InChI=1S/C22H20F3N3O3/c1-14(29)7-8-27-21(30)20-11-17-9-15(12-26)5-6-19(17)28(20)13-16-3-2-4-18(10-16)31-22(23,24)25/h2-6,9-11,14,29H,7-8,13H2,1H3,(H,27,30). The van der Waals surface area contributed by atoms with E-state index in [9.17, 15) is 23.1 Å². The van der Waals surface area contributed by atoms with Gasteiger partial charge in [-0.2, -0.15) is 5.26 Å². The van der Waals surface area contributed by atoms with Gasteiger partial charge >= 0.3 is 6.36 Å². The largest absolute Gasteiger partial charge is 0.573 e. The van der Waals surface area contributed by atoms with Crippen molar-refractivity contribution in [1.82, 2.24) is 9.88 Å². The molecular weight excluding hydrogens is 411 g/mol. The molecule has 3 rings (SSSR count). The Hall–Kier alpha value is -3.51. The fraction of sp³-hybridized carbons (Fsp3) is 0.273. The summed E-state index contributed by atoms with van der Waals surface area (Å²) in [5.74, 6) is -0.741. The summed E-state index contributed by atoms with van der Waals surface area (Å²) in [7, 11) is 0. The van der Waals surface area contributed by atoms with Crippen molar-refractivity contribution in [3.63, 3.8) is 0 Å². The number of aliphatic hydroxyl groups is 1. The number of ether oxygens (including phenoxy) is 1. The maximum Gasteiger partial charge on any atom is 0.573 e. The van der Waals surface area contributed by atoms with Gasteiger partial charge in [0.1, 0.15) is 11.4 Å². The molecule has 0 aliphatic carbocycles. The van der Waals surface area contributed by atoms with Crippen molar-refractivity contribution in [3.8, 4) is 11.8 Å². The summed E-state index contributed by atoms with van der Waals surface area (Å²) in [4.78, 5) is 12.8. The first-order valence-corrected chi connectivity index (χ1v) is 9.50. The molecule has 0 bridgehead atoms. The zero-order valence-electron chi connectivity index (χ0n) is 16.6. The van der Waals surface area contributed by atoms with E-state index in [1.54, 1.807) is 41.8 Å². The van der Waals surface area contributed by atoms with Crippen LogP contribution in [-0.2, 0) is 6.54 Å². The number of aromatic nitrogens is 1. The van der Waals surface area contributed by atoms with Gasteiger partial charge in [0.15, 0.2) is 0 Å². The minimum absolute atomic E-state index is 0.115. The van der Waals surface area contributed by atoms with E-state index < -0.39 is 18.4 Å². The third-order valence-electron chi connectivity index (χ3n) is 4.58. The van der Waals surface area contributed by atoms with Gasteiger partial charge in [-0.1, -0.05) is 12.1 Å². The van der Waals surface area contributed by atoms with E-state index in [1.165, 1.54) is 18.2 Å². The number of nitrogens with one attached hydrogen (secondary N) is 1. The molecule has 0 spiro atoms. The number of carbonyl (C=O) groups is 1. The van der Waals surface area contributed by atoms with Crippen molar-refractivity contribution in [2.75, 3.05) is 6.54 Å². The SMILES string of the molecule is CC(O)CCNC(=O)c1cc2cc(C#N)ccc2n1Cc1cccc(OC(F)(F)F)c1. The first-order valence-electron chi connectivity index (χ1n) is 9.50. The summed E-state index contributed by atoms with van der Waals surface area (Å²) >= 11 is 0. The van der Waals surface area contributed by atoms with Crippen LogP contribution in [0.5, 0.6) is 5.75 Å². The van der Waals surface area contributed by atoms with E-state index in [2.05, 4.69) is 10.1 Å². The Morgan fingerprint density at radius 1 is 1.26 bits per heavy atom. The zero-order chi connectivity index (χ0) is 22.6. The lowest BCUT2D eigenvalue weighted by Crippen LogP contribution is -2.28. The van der Waals surface area contributed by atoms with Crippen LogP contribution in [0.15, 0.2) is 48.5 Å². The second-order valence-electron chi connectivity index (χ2n) is 7.09. The minimum Gasteiger partial charge on any atom is -0.406 e. The molecule has 1 aromatic heterocycles. The first-order chi connectivity index (χ1) is 14.7. The Balaban J connectivity index is 1.97. The van der Waals surface area contributed by atoms with Crippen LogP contribution in [0.4, 0.5) is 13.2 Å². The molecule has 1 unspecified atom stereocenters. The third-order valence-corrected chi connectivity index (χ3v) is 4.58. The van der Waals surface area contributed by atoms with Crippen molar-refractivity contribution in [3.05, 3.63) is 65.4 Å². The fourth-order valence-corrected chi connectivity index (χ4v) is 3.21. The average Bonchev–Trinajstić information content (AvgIpc) is 3.04. The highest BCUT2D eigenvalue weighted by molar-refractivity contribution is 5.99. The normalized spacial score (nSPS) is 12.4. The molecule has 0 saturated heterocycles. The van der Waals surface area contributed by atoms with Crippen molar-refractivity contribution in [2.24, 2.45) is 0 Å². The van der Waals surface area contributed by atoms with Crippen molar-refractivity contribution < 1.29 is 27.8 Å². The molecule has 6 nitrogen and oxygen atoms in total. The molecule has 2 aromatic carbocycles. The molecule has 2 N–H and O–H groups in total. The lowest BCUT2D eigenvalue weighted by molar-refractivity contribution is -0.274. The average molecular weight is 431 g/mol.